The molecule has 0 bridgehead atoms. The molecule has 1 fully saturated rings. The first-order valence-electron chi connectivity index (χ1n) is 3.63. The van der Waals surface area contributed by atoms with Gasteiger partial charge in [-0.15, -0.1) is 0 Å². The molecule has 2 nitrogen and oxygen atoms in total. The summed E-state index contributed by atoms with van der Waals surface area (Å²) in [5.74, 6) is -0.975. The minimum Gasteiger partial charge on any atom is -0.481 e. The second-order valence-corrected chi connectivity index (χ2v) is 5.34. The average Bonchev–Trinajstić information content (AvgIpc) is 2.32. The van der Waals surface area contributed by atoms with E-state index in [1.807, 2.05) is 13.8 Å². The molecular weight excluding hydrogens is 243 g/mol. The van der Waals surface area contributed by atoms with Crippen LogP contribution in [0.5, 0.6) is 0 Å². The molecule has 2 atom stereocenters. The molecule has 0 unspecified atom stereocenters. The Kier molecular flexibility index (Phi) is 2.55. The number of allylic oxidation sites excluding steroid dienone is 1. The lowest BCUT2D eigenvalue weighted by molar-refractivity contribution is -0.139. The van der Waals surface area contributed by atoms with Crippen molar-refractivity contribution in [1.82, 2.24) is 0 Å². The van der Waals surface area contributed by atoms with Crippen LogP contribution in [-0.2, 0) is 4.79 Å². The number of hydrogen-bond acceptors (Lipinski definition) is 1. The van der Waals surface area contributed by atoms with Crippen LogP contribution in [0.25, 0.3) is 0 Å². The fraction of sp³-hybridized carbons (Fsp3) is 0.625. The molecule has 0 aromatic carbocycles. The Balaban J connectivity index is 2.73. The van der Waals surface area contributed by atoms with Gasteiger partial charge in [-0.05, 0) is 27.3 Å². The van der Waals surface area contributed by atoms with Crippen LogP contribution in [0.3, 0.4) is 0 Å². The number of carboxylic acids is 1. The number of rotatable bonds is 2. The van der Waals surface area contributed by atoms with E-state index in [4.69, 9.17) is 16.7 Å². The van der Waals surface area contributed by atoms with Gasteiger partial charge in [0.15, 0.2) is 0 Å². The molecule has 0 spiro atoms. The van der Waals surface area contributed by atoms with Gasteiger partial charge < -0.3 is 5.11 Å². The van der Waals surface area contributed by atoms with Crippen molar-refractivity contribution in [3.8, 4) is 0 Å². The first-order chi connectivity index (χ1) is 5.37. The first kappa shape index (κ1) is 10.1. The van der Waals surface area contributed by atoms with Crippen molar-refractivity contribution in [1.29, 1.82) is 0 Å². The SMILES string of the molecule is CC1(C)[C@H](/C=C(/Cl)Br)[C@@H]1C(=O)O. The van der Waals surface area contributed by atoms with Gasteiger partial charge in [0.2, 0.25) is 0 Å². The third-order valence-electron chi connectivity index (χ3n) is 2.48. The molecule has 12 heavy (non-hydrogen) atoms. The van der Waals surface area contributed by atoms with E-state index in [2.05, 4.69) is 15.9 Å². The maximum Gasteiger partial charge on any atom is 0.307 e. The molecule has 0 aromatic rings. The van der Waals surface area contributed by atoms with Crippen LogP contribution < -0.4 is 0 Å². The van der Waals surface area contributed by atoms with Gasteiger partial charge in [0, 0.05) is 0 Å². The summed E-state index contributed by atoms with van der Waals surface area (Å²) in [6, 6.07) is 0. The van der Waals surface area contributed by atoms with Crippen LogP contribution in [0, 0.1) is 17.3 Å². The summed E-state index contributed by atoms with van der Waals surface area (Å²) in [5.41, 5.74) is -0.153. The highest BCUT2D eigenvalue weighted by molar-refractivity contribution is 9.12. The fourth-order valence-corrected chi connectivity index (χ4v) is 2.02. The van der Waals surface area contributed by atoms with Crippen molar-refractivity contribution in [3.63, 3.8) is 0 Å². The van der Waals surface area contributed by atoms with Crippen LogP contribution >= 0.6 is 27.5 Å². The van der Waals surface area contributed by atoms with Crippen molar-refractivity contribution in [2.45, 2.75) is 13.8 Å². The maximum atomic E-state index is 10.7. The van der Waals surface area contributed by atoms with E-state index in [0.29, 0.717) is 3.94 Å². The monoisotopic (exact) mass is 252 g/mol. The quantitative estimate of drug-likeness (QED) is 0.822. The maximum absolute atomic E-state index is 10.7. The van der Waals surface area contributed by atoms with E-state index in [1.54, 1.807) is 6.08 Å². The molecule has 1 rings (SSSR count). The second kappa shape index (κ2) is 3.04. The third kappa shape index (κ3) is 1.67. The Hall–Kier alpha value is -0.0200. The lowest BCUT2D eigenvalue weighted by Crippen LogP contribution is -2.02. The molecule has 0 heterocycles. The molecule has 0 aliphatic heterocycles. The highest BCUT2D eigenvalue weighted by Crippen LogP contribution is 2.59. The van der Waals surface area contributed by atoms with Gasteiger partial charge in [-0.3, -0.25) is 4.79 Å². The molecule has 0 radical (unpaired) electrons. The Morgan fingerprint density at radius 2 is 2.17 bits per heavy atom. The third-order valence-corrected chi connectivity index (χ3v) is 2.87. The molecule has 1 N–H and O–H groups in total. The summed E-state index contributed by atoms with van der Waals surface area (Å²) in [6.07, 6.45) is 1.75. The topological polar surface area (TPSA) is 37.3 Å². The largest absolute Gasteiger partial charge is 0.481 e. The summed E-state index contributed by atoms with van der Waals surface area (Å²) in [7, 11) is 0. The van der Waals surface area contributed by atoms with Crippen LogP contribution in [0.4, 0.5) is 0 Å². The zero-order valence-corrected chi connectivity index (χ0v) is 9.19. The Morgan fingerprint density at radius 3 is 2.42 bits per heavy atom. The number of halogens is 2. The molecule has 0 saturated heterocycles. The van der Waals surface area contributed by atoms with Gasteiger partial charge >= 0.3 is 5.97 Å². The number of carbonyl (C=O) groups is 1. The van der Waals surface area contributed by atoms with E-state index < -0.39 is 5.97 Å². The smallest absolute Gasteiger partial charge is 0.307 e. The minimum absolute atomic E-state index is 0.0573. The summed E-state index contributed by atoms with van der Waals surface area (Å²) in [6.45, 7) is 3.86. The van der Waals surface area contributed by atoms with Crippen LogP contribution in [-0.4, -0.2) is 11.1 Å². The molecule has 1 saturated carbocycles. The van der Waals surface area contributed by atoms with Crippen molar-refractivity contribution in [2.24, 2.45) is 17.3 Å². The van der Waals surface area contributed by atoms with Crippen molar-refractivity contribution >= 4 is 33.5 Å². The van der Waals surface area contributed by atoms with Gasteiger partial charge in [0.25, 0.3) is 0 Å². The van der Waals surface area contributed by atoms with Gasteiger partial charge in [-0.2, -0.15) is 0 Å². The molecule has 1 aliphatic rings. The molecule has 4 heteroatoms. The highest BCUT2D eigenvalue weighted by Gasteiger charge is 2.60. The first-order valence-corrected chi connectivity index (χ1v) is 4.80. The van der Waals surface area contributed by atoms with Crippen molar-refractivity contribution in [2.75, 3.05) is 0 Å². The van der Waals surface area contributed by atoms with Crippen LogP contribution in [0.1, 0.15) is 13.8 Å². The number of carboxylic acid groups (broad SMARTS) is 1. The lowest BCUT2D eigenvalue weighted by Gasteiger charge is -1.96. The van der Waals surface area contributed by atoms with Crippen molar-refractivity contribution < 1.29 is 9.90 Å². The predicted octanol–water partition coefficient (Wildman–Crippen LogP) is 2.82. The highest BCUT2D eigenvalue weighted by atomic mass is 79.9. The summed E-state index contributed by atoms with van der Waals surface area (Å²) >= 11 is 8.67. The summed E-state index contributed by atoms with van der Waals surface area (Å²) in [5, 5.41) is 8.78. The number of aliphatic carboxylic acids is 1. The Labute approximate surface area is 84.7 Å². The molecule has 0 aromatic heterocycles. The van der Waals surface area contributed by atoms with Gasteiger partial charge in [0.1, 0.15) is 0 Å². The standard InChI is InChI=1S/C8H10BrClO2/c1-8(2)4(3-5(9)10)6(8)7(11)12/h3-4,6H,1-2H3,(H,11,12)/b5-3+/t4-,6-/m1/s1. The summed E-state index contributed by atoms with van der Waals surface area (Å²) < 4.78 is 0.490. The second-order valence-electron chi connectivity index (χ2n) is 3.62. The zero-order valence-electron chi connectivity index (χ0n) is 6.84. The summed E-state index contributed by atoms with van der Waals surface area (Å²) in [4.78, 5) is 10.7. The van der Waals surface area contributed by atoms with Gasteiger partial charge in [-0.25, -0.2) is 0 Å². The van der Waals surface area contributed by atoms with Gasteiger partial charge in [-0.1, -0.05) is 31.5 Å². The average molecular weight is 254 g/mol. The van der Waals surface area contributed by atoms with Gasteiger partial charge in [0.05, 0.1) is 9.86 Å². The molecule has 1 aliphatic carbocycles. The van der Waals surface area contributed by atoms with Crippen molar-refractivity contribution in [3.05, 3.63) is 10.0 Å². The lowest BCUT2D eigenvalue weighted by atomic mass is 10.1. The van der Waals surface area contributed by atoms with Crippen LogP contribution in [0.15, 0.2) is 10.0 Å². The molecular formula is C8H10BrClO2. The normalized spacial score (nSPS) is 33.2. The Bertz CT molecular complexity index is 243. The zero-order chi connectivity index (χ0) is 9.52. The van der Waals surface area contributed by atoms with E-state index in [-0.39, 0.29) is 17.3 Å². The fourth-order valence-electron chi connectivity index (χ4n) is 1.60. The van der Waals surface area contributed by atoms with E-state index >= 15 is 0 Å². The minimum atomic E-state index is -0.744. The van der Waals surface area contributed by atoms with E-state index in [0.717, 1.165) is 0 Å². The molecule has 68 valence electrons. The van der Waals surface area contributed by atoms with E-state index in [9.17, 15) is 4.79 Å². The predicted molar refractivity (Wildman–Crippen MR) is 51.3 cm³/mol. The van der Waals surface area contributed by atoms with E-state index in [1.165, 1.54) is 0 Å². The number of hydrogen-bond donors (Lipinski definition) is 1. The Morgan fingerprint density at radius 1 is 1.67 bits per heavy atom. The molecule has 0 amide bonds. The van der Waals surface area contributed by atoms with Crippen LogP contribution in [0.2, 0.25) is 0 Å².